The second kappa shape index (κ2) is 5.28. The van der Waals surface area contributed by atoms with Crippen LogP contribution in [0.2, 0.25) is 0 Å². The zero-order chi connectivity index (χ0) is 15.7. The van der Waals surface area contributed by atoms with E-state index in [4.69, 9.17) is 22.9 Å². The normalized spacial score (nSPS) is 11.6. The monoisotopic (exact) mass is 295 g/mol. The molecule has 0 spiro atoms. The van der Waals surface area contributed by atoms with Gasteiger partial charge < -0.3 is 28.3 Å². The molecule has 2 aromatic carbocycles. The molecular formula is C15H17N7. The maximum Gasteiger partial charge on any atom is 0.191 e. The average molecular weight is 295 g/mol. The number of nitrogens with two attached hydrogens (primary N) is 4. The van der Waals surface area contributed by atoms with Crippen LogP contribution in [0.3, 0.4) is 0 Å². The van der Waals surface area contributed by atoms with Gasteiger partial charge in [0, 0.05) is 17.8 Å². The van der Waals surface area contributed by atoms with Crippen molar-refractivity contribution >= 4 is 34.7 Å². The smallest absolute Gasteiger partial charge is 0.191 e. The van der Waals surface area contributed by atoms with Crippen LogP contribution in [0.15, 0.2) is 46.4 Å². The molecule has 2 aromatic rings. The van der Waals surface area contributed by atoms with Crippen molar-refractivity contribution in [1.82, 2.24) is 0 Å². The standard InChI is InChI=1S/C15H17N7/c16-14(17)20-10-3-1-8-5-9-2-4-11(21-15(18)19)7-13(9)22-12(8)6-10/h1-4,6-7,22H,5H2,(H4,16,17,20)(H4,18,19,21). The lowest BCUT2D eigenvalue weighted by Crippen LogP contribution is -2.22. The molecule has 0 unspecified atom stereocenters. The molecule has 22 heavy (non-hydrogen) atoms. The molecule has 1 aliphatic rings. The molecule has 0 saturated carbocycles. The zero-order valence-electron chi connectivity index (χ0n) is 11.9. The van der Waals surface area contributed by atoms with Crippen molar-refractivity contribution in [3.63, 3.8) is 0 Å². The Morgan fingerprint density at radius 3 is 1.64 bits per heavy atom. The van der Waals surface area contributed by atoms with E-state index in [1.165, 1.54) is 11.1 Å². The predicted molar refractivity (Wildman–Crippen MR) is 89.9 cm³/mol. The number of anilines is 2. The fourth-order valence-corrected chi connectivity index (χ4v) is 2.46. The van der Waals surface area contributed by atoms with Gasteiger partial charge in [-0.15, -0.1) is 0 Å². The van der Waals surface area contributed by atoms with Crippen LogP contribution in [0.5, 0.6) is 0 Å². The van der Waals surface area contributed by atoms with Crippen molar-refractivity contribution in [2.75, 3.05) is 5.32 Å². The van der Waals surface area contributed by atoms with E-state index in [2.05, 4.69) is 15.3 Å². The highest BCUT2D eigenvalue weighted by Crippen LogP contribution is 2.36. The number of hydrogen-bond donors (Lipinski definition) is 5. The molecule has 7 nitrogen and oxygen atoms in total. The van der Waals surface area contributed by atoms with Crippen molar-refractivity contribution in [2.24, 2.45) is 32.9 Å². The third-order valence-corrected chi connectivity index (χ3v) is 3.35. The van der Waals surface area contributed by atoms with Crippen LogP contribution in [-0.2, 0) is 6.42 Å². The molecule has 112 valence electrons. The Balaban J connectivity index is 1.96. The van der Waals surface area contributed by atoms with Gasteiger partial charge in [-0.25, -0.2) is 9.98 Å². The Morgan fingerprint density at radius 2 is 1.23 bits per heavy atom. The quantitative estimate of drug-likeness (QED) is 0.356. The molecule has 9 N–H and O–H groups in total. The van der Waals surface area contributed by atoms with E-state index in [-0.39, 0.29) is 11.9 Å². The first kappa shape index (κ1) is 13.7. The summed E-state index contributed by atoms with van der Waals surface area (Å²) >= 11 is 0. The van der Waals surface area contributed by atoms with Crippen LogP contribution < -0.4 is 28.3 Å². The summed E-state index contributed by atoms with van der Waals surface area (Å²) in [5.41, 5.74) is 27.3. The Hall–Kier alpha value is -3.22. The minimum absolute atomic E-state index is 0.0335. The number of hydrogen-bond acceptors (Lipinski definition) is 3. The molecule has 0 aliphatic carbocycles. The highest BCUT2D eigenvalue weighted by Gasteiger charge is 2.15. The summed E-state index contributed by atoms with van der Waals surface area (Å²) in [6.07, 6.45) is 0.821. The number of guanidine groups is 2. The highest BCUT2D eigenvalue weighted by atomic mass is 15.0. The average Bonchev–Trinajstić information content (AvgIpc) is 2.43. The van der Waals surface area contributed by atoms with Crippen molar-refractivity contribution < 1.29 is 0 Å². The van der Waals surface area contributed by atoms with Crippen molar-refractivity contribution in [2.45, 2.75) is 6.42 Å². The van der Waals surface area contributed by atoms with E-state index >= 15 is 0 Å². The molecule has 3 rings (SSSR count). The highest BCUT2D eigenvalue weighted by molar-refractivity contribution is 5.82. The largest absolute Gasteiger partial charge is 0.370 e. The number of aliphatic imine (C=N–C) groups is 2. The number of nitrogens with one attached hydrogen (secondary N) is 1. The predicted octanol–water partition coefficient (Wildman–Crippen LogP) is 1.14. The lowest BCUT2D eigenvalue weighted by Gasteiger charge is -2.22. The van der Waals surface area contributed by atoms with Crippen molar-refractivity contribution in [3.05, 3.63) is 47.5 Å². The fourth-order valence-electron chi connectivity index (χ4n) is 2.46. The zero-order valence-corrected chi connectivity index (χ0v) is 11.9. The Kier molecular flexibility index (Phi) is 3.30. The third kappa shape index (κ3) is 2.78. The number of benzene rings is 2. The SMILES string of the molecule is NC(N)=Nc1ccc2c(c1)Nc1cc(N=C(N)N)ccc1C2. The summed E-state index contributed by atoms with van der Waals surface area (Å²) in [7, 11) is 0. The van der Waals surface area contributed by atoms with E-state index in [0.717, 1.165) is 17.8 Å². The molecule has 0 radical (unpaired) electrons. The van der Waals surface area contributed by atoms with Gasteiger partial charge in [0.05, 0.1) is 11.4 Å². The molecule has 1 aliphatic heterocycles. The molecule has 0 bridgehead atoms. The van der Waals surface area contributed by atoms with Gasteiger partial charge in [-0.05, 0) is 35.4 Å². The van der Waals surface area contributed by atoms with Gasteiger partial charge >= 0.3 is 0 Å². The van der Waals surface area contributed by atoms with E-state index in [0.29, 0.717) is 11.4 Å². The number of rotatable bonds is 2. The third-order valence-electron chi connectivity index (χ3n) is 3.35. The van der Waals surface area contributed by atoms with Gasteiger partial charge in [0.25, 0.3) is 0 Å². The van der Waals surface area contributed by atoms with E-state index in [1.807, 2.05) is 36.4 Å². The molecule has 0 aromatic heterocycles. The van der Waals surface area contributed by atoms with Gasteiger partial charge in [-0.3, -0.25) is 0 Å². The minimum atomic E-state index is 0.0335. The first-order valence-corrected chi connectivity index (χ1v) is 6.73. The van der Waals surface area contributed by atoms with Crippen LogP contribution in [-0.4, -0.2) is 11.9 Å². The van der Waals surface area contributed by atoms with E-state index in [9.17, 15) is 0 Å². The Morgan fingerprint density at radius 1 is 0.773 bits per heavy atom. The van der Waals surface area contributed by atoms with Gasteiger partial charge in [0.2, 0.25) is 0 Å². The lowest BCUT2D eigenvalue weighted by molar-refractivity contribution is 1.15. The summed E-state index contributed by atoms with van der Waals surface area (Å²) in [5.74, 6) is 0.0670. The molecule has 0 amide bonds. The van der Waals surface area contributed by atoms with Crippen LogP contribution in [0.1, 0.15) is 11.1 Å². The second-order valence-corrected chi connectivity index (χ2v) is 5.06. The summed E-state index contributed by atoms with van der Waals surface area (Å²) in [5, 5.41) is 3.37. The molecule has 0 fully saturated rings. The maximum atomic E-state index is 5.41. The minimum Gasteiger partial charge on any atom is -0.370 e. The van der Waals surface area contributed by atoms with Crippen LogP contribution >= 0.6 is 0 Å². The first-order chi connectivity index (χ1) is 10.5. The first-order valence-electron chi connectivity index (χ1n) is 6.73. The second-order valence-electron chi connectivity index (χ2n) is 5.06. The van der Waals surface area contributed by atoms with Gasteiger partial charge in [0.1, 0.15) is 0 Å². The molecule has 7 heteroatoms. The summed E-state index contributed by atoms with van der Waals surface area (Å²) < 4.78 is 0. The molecule has 0 atom stereocenters. The summed E-state index contributed by atoms with van der Waals surface area (Å²) in [4.78, 5) is 8.12. The molecule has 0 saturated heterocycles. The number of nitrogens with zero attached hydrogens (tertiary/aromatic N) is 2. The lowest BCUT2D eigenvalue weighted by atomic mass is 9.96. The fraction of sp³-hybridized carbons (Fsp3) is 0.0667. The topological polar surface area (TPSA) is 141 Å². The number of fused-ring (bicyclic) bond motifs is 2. The maximum absolute atomic E-state index is 5.41. The molecule has 1 heterocycles. The van der Waals surface area contributed by atoms with Crippen LogP contribution in [0, 0.1) is 0 Å². The van der Waals surface area contributed by atoms with Crippen LogP contribution in [0.25, 0.3) is 0 Å². The van der Waals surface area contributed by atoms with Crippen LogP contribution in [0.4, 0.5) is 22.7 Å². The Labute approximate surface area is 127 Å². The van der Waals surface area contributed by atoms with Gasteiger partial charge in [0.15, 0.2) is 11.9 Å². The van der Waals surface area contributed by atoms with Gasteiger partial charge in [-0.2, -0.15) is 0 Å². The van der Waals surface area contributed by atoms with Crippen molar-refractivity contribution in [3.8, 4) is 0 Å². The van der Waals surface area contributed by atoms with E-state index < -0.39 is 0 Å². The summed E-state index contributed by atoms with van der Waals surface area (Å²) in [6.45, 7) is 0. The molecular weight excluding hydrogens is 278 g/mol. The van der Waals surface area contributed by atoms with Crippen molar-refractivity contribution in [1.29, 1.82) is 0 Å². The Bertz CT molecular complexity index is 719. The van der Waals surface area contributed by atoms with E-state index in [1.54, 1.807) is 0 Å². The van der Waals surface area contributed by atoms with Gasteiger partial charge in [-0.1, -0.05) is 12.1 Å². The summed E-state index contributed by atoms with van der Waals surface area (Å²) in [6, 6.07) is 11.6.